The molecule has 0 aromatic heterocycles. The number of carbonyl (C=O) groups is 2. The predicted molar refractivity (Wildman–Crippen MR) is 123 cm³/mol. The summed E-state index contributed by atoms with van der Waals surface area (Å²) in [6.07, 6.45) is 3.43. The molecule has 2 N–H and O–H groups in total. The number of anilines is 1. The van der Waals surface area contributed by atoms with E-state index in [1.165, 1.54) is 12.1 Å². The molecule has 0 bridgehead atoms. The van der Waals surface area contributed by atoms with Crippen LogP contribution in [0.2, 0.25) is 0 Å². The lowest BCUT2D eigenvalue weighted by Gasteiger charge is -2.31. The van der Waals surface area contributed by atoms with E-state index in [1.807, 2.05) is 19.9 Å². The minimum atomic E-state index is -3.75. The molecule has 2 aliphatic rings. The number of likely N-dealkylation sites (tertiary alicyclic amines) is 1. The number of hydrogen-bond acceptors (Lipinski definition) is 4. The Labute approximate surface area is 189 Å². The highest BCUT2D eigenvalue weighted by molar-refractivity contribution is 7.92. The van der Waals surface area contributed by atoms with Crippen molar-refractivity contribution in [2.45, 2.75) is 50.5 Å². The standard InChI is InChI=1S/C24H29N3O4S/c1-16-3-6-21(15-17(16)2)26-32(30,31)22-9-4-19(5-10-22)24(29)27-13-11-18(12-14-27)23(28)25-20-7-8-20/h3-6,9-10,15,18,20,26H,7-8,11-14H2,1-2H3,(H,25,28). The monoisotopic (exact) mass is 455 g/mol. The molecule has 0 atom stereocenters. The number of aryl methyl sites for hydroxylation is 2. The summed E-state index contributed by atoms with van der Waals surface area (Å²) in [6.45, 7) is 4.94. The average Bonchev–Trinajstić information content (AvgIpc) is 3.60. The number of rotatable bonds is 6. The first-order chi connectivity index (χ1) is 15.2. The predicted octanol–water partition coefficient (Wildman–Crippen LogP) is 3.24. The Bertz CT molecular complexity index is 1120. The van der Waals surface area contributed by atoms with E-state index in [4.69, 9.17) is 0 Å². The summed E-state index contributed by atoms with van der Waals surface area (Å²) in [7, 11) is -3.75. The molecule has 1 saturated heterocycles. The van der Waals surface area contributed by atoms with Gasteiger partial charge in [0.25, 0.3) is 15.9 Å². The average molecular weight is 456 g/mol. The second-order valence-electron chi connectivity index (χ2n) is 8.78. The summed E-state index contributed by atoms with van der Waals surface area (Å²) >= 11 is 0. The van der Waals surface area contributed by atoms with Gasteiger partial charge in [-0.3, -0.25) is 14.3 Å². The fourth-order valence-corrected chi connectivity index (χ4v) is 4.92. The summed E-state index contributed by atoms with van der Waals surface area (Å²) in [6, 6.07) is 11.7. The van der Waals surface area contributed by atoms with Gasteiger partial charge in [0.2, 0.25) is 5.91 Å². The lowest BCUT2D eigenvalue weighted by Crippen LogP contribution is -2.43. The zero-order chi connectivity index (χ0) is 22.9. The van der Waals surface area contributed by atoms with Crippen LogP contribution in [0.25, 0.3) is 0 Å². The number of benzene rings is 2. The van der Waals surface area contributed by atoms with Crippen molar-refractivity contribution in [3.8, 4) is 0 Å². The molecule has 1 saturated carbocycles. The highest BCUT2D eigenvalue weighted by Gasteiger charge is 2.31. The van der Waals surface area contributed by atoms with Gasteiger partial charge in [-0.15, -0.1) is 0 Å². The van der Waals surface area contributed by atoms with Gasteiger partial charge in [0.1, 0.15) is 0 Å². The van der Waals surface area contributed by atoms with Crippen LogP contribution in [-0.4, -0.2) is 44.3 Å². The van der Waals surface area contributed by atoms with Crippen LogP contribution in [0.1, 0.15) is 47.2 Å². The minimum absolute atomic E-state index is 0.0383. The first kappa shape index (κ1) is 22.3. The van der Waals surface area contributed by atoms with Crippen LogP contribution in [0.3, 0.4) is 0 Å². The molecule has 2 aromatic carbocycles. The second kappa shape index (κ2) is 8.94. The molecule has 2 fully saturated rings. The van der Waals surface area contributed by atoms with Gasteiger partial charge in [-0.25, -0.2) is 8.42 Å². The molecule has 2 amide bonds. The molecule has 0 radical (unpaired) electrons. The van der Waals surface area contributed by atoms with Gasteiger partial charge in [-0.05, 0) is 87.1 Å². The number of piperidine rings is 1. The van der Waals surface area contributed by atoms with Gasteiger partial charge >= 0.3 is 0 Å². The van der Waals surface area contributed by atoms with Crippen LogP contribution in [0.15, 0.2) is 47.4 Å². The van der Waals surface area contributed by atoms with E-state index in [0.717, 1.165) is 24.0 Å². The molecule has 170 valence electrons. The second-order valence-corrected chi connectivity index (χ2v) is 10.5. The molecule has 7 nitrogen and oxygen atoms in total. The first-order valence-corrected chi connectivity index (χ1v) is 12.5. The Morgan fingerprint density at radius 1 is 0.906 bits per heavy atom. The summed E-state index contributed by atoms with van der Waals surface area (Å²) in [5, 5.41) is 3.04. The molecule has 2 aromatic rings. The summed E-state index contributed by atoms with van der Waals surface area (Å²) in [5.41, 5.74) is 3.03. The van der Waals surface area contributed by atoms with Crippen LogP contribution in [0.4, 0.5) is 5.69 Å². The lowest BCUT2D eigenvalue weighted by atomic mass is 9.95. The summed E-state index contributed by atoms with van der Waals surface area (Å²) in [4.78, 5) is 26.9. The third-order valence-corrected chi connectivity index (χ3v) is 7.64. The van der Waals surface area contributed by atoms with Gasteiger partial charge in [0.15, 0.2) is 0 Å². The molecule has 1 aliphatic heterocycles. The van der Waals surface area contributed by atoms with E-state index in [1.54, 1.807) is 29.2 Å². The maximum absolute atomic E-state index is 12.8. The molecule has 1 heterocycles. The molecular formula is C24H29N3O4S. The molecule has 1 aliphatic carbocycles. The number of nitrogens with one attached hydrogen (secondary N) is 2. The number of hydrogen-bond donors (Lipinski definition) is 2. The van der Waals surface area contributed by atoms with Gasteiger partial charge in [0, 0.05) is 36.3 Å². The van der Waals surface area contributed by atoms with Crippen LogP contribution in [-0.2, 0) is 14.8 Å². The van der Waals surface area contributed by atoms with Crippen molar-refractivity contribution in [1.82, 2.24) is 10.2 Å². The SMILES string of the molecule is Cc1ccc(NS(=O)(=O)c2ccc(C(=O)N3CCC(C(=O)NC4CC4)CC3)cc2)cc1C. The molecular weight excluding hydrogens is 426 g/mol. The number of amides is 2. The van der Waals surface area contributed by atoms with Gasteiger partial charge in [0.05, 0.1) is 4.90 Å². The first-order valence-electron chi connectivity index (χ1n) is 11.0. The zero-order valence-corrected chi connectivity index (χ0v) is 19.2. The highest BCUT2D eigenvalue weighted by Crippen LogP contribution is 2.24. The van der Waals surface area contributed by atoms with Crippen LogP contribution in [0.5, 0.6) is 0 Å². The van der Waals surface area contributed by atoms with Gasteiger partial charge < -0.3 is 10.2 Å². The maximum Gasteiger partial charge on any atom is 0.261 e. The third kappa shape index (κ3) is 5.12. The Morgan fingerprint density at radius 2 is 1.56 bits per heavy atom. The number of carbonyl (C=O) groups excluding carboxylic acids is 2. The van der Waals surface area contributed by atoms with E-state index in [9.17, 15) is 18.0 Å². The Kier molecular flexibility index (Phi) is 6.24. The Balaban J connectivity index is 1.36. The van der Waals surface area contributed by atoms with Crippen molar-refractivity contribution >= 4 is 27.5 Å². The highest BCUT2D eigenvalue weighted by atomic mass is 32.2. The minimum Gasteiger partial charge on any atom is -0.353 e. The summed E-state index contributed by atoms with van der Waals surface area (Å²) < 4.78 is 28.0. The van der Waals surface area contributed by atoms with Crippen molar-refractivity contribution in [1.29, 1.82) is 0 Å². The molecule has 0 spiro atoms. The number of nitrogens with zero attached hydrogens (tertiary/aromatic N) is 1. The van der Waals surface area contributed by atoms with Crippen molar-refractivity contribution in [2.24, 2.45) is 5.92 Å². The van der Waals surface area contributed by atoms with E-state index in [-0.39, 0.29) is 22.6 Å². The smallest absolute Gasteiger partial charge is 0.261 e. The van der Waals surface area contributed by atoms with Crippen molar-refractivity contribution in [3.05, 3.63) is 59.2 Å². The fourth-order valence-electron chi connectivity index (χ4n) is 3.87. The molecule has 0 unspecified atom stereocenters. The van der Waals surface area contributed by atoms with Gasteiger partial charge in [-0.2, -0.15) is 0 Å². The van der Waals surface area contributed by atoms with E-state index in [0.29, 0.717) is 43.2 Å². The fraction of sp³-hybridized carbons (Fsp3) is 0.417. The van der Waals surface area contributed by atoms with Crippen LogP contribution >= 0.6 is 0 Å². The maximum atomic E-state index is 12.8. The zero-order valence-electron chi connectivity index (χ0n) is 18.4. The lowest BCUT2D eigenvalue weighted by molar-refractivity contribution is -0.126. The third-order valence-electron chi connectivity index (χ3n) is 6.25. The van der Waals surface area contributed by atoms with Crippen LogP contribution in [0, 0.1) is 19.8 Å². The van der Waals surface area contributed by atoms with Crippen molar-refractivity contribution in [3.63, 3.8) is 0 Å². The molecule has 32 heavy (non-hydrogen) atoms. The topological polar surface area (TPSA) is 95.6 Å². The van der Waals surface area contributed by atoms with Gasteiger partial charge in [-0.1, -0.05) is 6.07 Å². The van der Waals surface area contributed by atoms with E-state index in [2.05, 4.69) is 10.0 Å². The quantitative estimate of drug-likeness (QED) is 0.699. The summed E-state index contributed by atoms with van der Waals surface area (Å²) in [5.74, 6) is -0.0776. The number of sulfonamides is 1. The van der Waals surface area contributed by atoms with E-state index >= 15 is 0 Å². The Hall–Kier alpha value is -2.87. The largest absolute Gasteiger partial charge is 0.353 e. The Morgan fingerprint density at radius 3 is 2.16 bits per heavy atom. The molecule has 4 rings (SSSR count). The van der Waals surface area contributed by atoms with E-state index < -0.39 is 10.0 Å². The van der Waals surface area contributed by atoms with Crippen molar-refractivity contribution < 1.29 is 18.0 Å². The molecule has 8 heteroatoms. The van der Waals surface area contributed by atoms with Crippen LogP contribution < -0.4 is 10.0 Å². The normalized spacial score (nSPS) is 17.1. The van der Waals surface area contributed by atoms with Crippen molar-refractivity contribution in [2.75, 3.05) is 17.8 Å².